The molecule has 0 saturated heterocycles. The molecule has 0 aromatic carbocycles. The van der Waals surface area contributed by atoms with Crippen LogP contribution in [0.1, 0.15) is 21.7 Å². The van der Waals surface area contributed by atoms with Gasteiger partial charge in [-0.15, -0.1) is 0 Å². The number of aromatic nitrogens is 2. The van der Waals surface area contributed by atoms with Crippen LogP contribution in [-0.2, 0) is 12.4 Å². The molecule has 0 amide bonds. The molecule has 6 nitrogen and oxygen atoms in total. The number of aromatic carboxylic acids is 1. The highest BCUT2D eigenvalue weighted by atomic mass is 19.4. The quantitative estimate of drug-likeness (QED) is 0.813. The lowest BCUT2D eigenvalue weighted by atomic mass is 10.2. The minimum Gasteiger partial charge on any atom is -0.476 e. The molecule has 0 atom stereocenters. The van der Waals surface area contributed by atoms with Gasteiger partial charge in [0.15, 0.2) is 5.69 Å². The van der Waals surface area contributed by atoms with Crippen molar-refractivity contribution in [2.45, 2.75) is 12.4 Å². The molecule has 116 valence electrons. The largest absolute Gasteiger partial charge is 0.476 e. The van der Waals surface area contributed by atoms with Crippen LogP contribution in [0.15, 0.2) is 27.6 Å². The second-order valence-corrected chi connectivity index (χ2v) is 3.26. The highest BCUT2D eigenvalue weighted by Gasteiger charge is 2.38. The summed E-state index contributed by atoms with van der Waals surface area (Å²) in [6.45, 7) is 0. The van der Waals surface area contributed by atoms with E-state index in [1.165, 1.54) is 0 Å². The van der Waals surface area contributed by atoms with Crippen molar-refractivity contribution in [3.63, 3.8) is 0 Å². The Bertz CT molecular complexity index is 586. The molecule has 21 heavy (non-hydrogen) atoms. The van der Waals surface area contributed by atoms with Crippen LogP contribution in [0.2, 0.25) is 0 Å². The highest BCUT2D eigenvalue weighted by Crippen LogP contribution is 2.31. The minimum atomic E-state index is -4.74. The molecule has 0 unspecified atom stereocenters. The fourth-order valence-electron chi connectivity index (χ4n) is 0.951. The molecule has 2 aromatic rings. The van der Waals surface area contributed by atoms with Crippen LogP contribution in [0.5, 0.6) is 0 Å². The maximum atomic E-state index is 11.9. The monoisotopic (exact) mass is 318 g/mol. The maximum absolute atomic E-state index is 11.9. The fraction of sp³-hybridized carbons (Fsp3) is 0.222. The summed E-state index contributed by atoms with van der Waals surface area (Å²) < 4.78 is 78.0. The van der Waals surface area contributed by atoms with E-state index in [0.717, 1.165) is 12.3 Å². The molecular weight excluding hydrogens is 314 g/mol. The van der Waals surface area contributed by atoms with Crippen LogP contribution in [0.25, 0.3) is 0 Å². The van der Waals surface area contributed by atoms with Gasteiger partial charge < -0.3 is 14.2 Å². The Morgan fingerprint density at radius 1 is 1.05 bits per heavy atom. The summed E-state index contributed by atoms with van der Waals surface area (Å²) in [5.74, 6) is -1.77. The van der Waals surface area contributed by atoms with Gasteiger partial charge in [0, 0.05) is 6.07 Å². The fourth-order valence-corrected chi connectivity index (χ4v) is 0.951. The number of halogens is 6. The first-order chi connectivity index (χ1) is 9.53. The Kier molecular flexibility index (Phi) is 4.60. The van der Waals surface area contributed by atoms with Crippen molar-refractivity contribution < 1.29 is 45.3 Å². The predicted octanol–water partition coefficient (Wildman–Crippen LogP) is 3.08. The second-order valence-electron chi connectivity index (χ2n) is 3.26. The van der Waals surface area contributed by atoms with E-state index in [0.29, 0.717) is 0 Å². The number of hydrogen-bond acceptors (Lipinski definition) is 5. The van der Waals surface area contributed by atoms with Crippen molar-refractivity contribution >= 4 is 5.97 Å². The smallest absolute Gasteiger partial charge is 0.436 e. The second kappa shape index (κ2) is 5.85. The van der Waals surface area contributed by atoms with E-state index in [2.05, 4.69) is 19.4 Å². The molecule has 0 bridgehead atoms. The van der Waals surface area contributed by atoms with Crippen molar-refractivity contribution in [3.8, 4) is 0 Å². The average Bonchev–Trinajstić information content (AvgIpc) is 3.00. The zero-order chi connectivity index (χ0) is 16.3. The Labute approximate surface area is 110 Å². The number of carboxylic acids is 1. The Hall–Kier alpha value is -2.53. The maximum Gasteiger partial charge on any atom is 0.436 e. The number of hydrogen-bond donors (Lipinski definition) is 1. The lowest BCUT2D eigenvalue weighted by molar-refractivity contribution is -0.142. The van der Waals surface area contributed by atoms with Gasteiger partial charge in [0.1, 0.15) is 18.1 Å². The molecule has 0 fully saturated rings. The van der Waals surface area contributed by atoms with Gasteiger partial charge in [0.25, 0.3) is 0 Å². The first kappa shape index (κ1) is 16.5. The van der Waals surface area contributed by atoms with Crippen molar-refractivity contribution in [3.05, 3.63) is 35.5 Å². The van der Waals surface area contributed by atoms with E-state index in [1.807, 2.05) is 0 Å². The minimum absolute atomic E-state index is 0.253. The van der Waals surface area contributed by atoms with Crippen LogP contribution in [0, 0.1) is 0 Å². The van der Waals surface area contributed by atoms with E-state index < -0.39 is 35.3 Å². The van der Waals surface area contributed by atoms with E-state index >= 15 is 0 Å². The topological polar surface area (TPSA) is 89.4 Å². The summed E-state index contributed by atoms with van der Waals surface area (Å²) in [6.07, 6.45) is -7.99. The lowest BCUT2D eigenvalue weighted by Gasteiger charge is -2.01. The summed E-state index contributed by atoms with van der Waals surface area (Å²) in [5.41, 5.74) is -3.50. The zero-order valence-corrected chi connectivity index (χ0v) is 9.57. The average molecular weight is 318 g/mol. The third-order valence-corrected chi connectivity index (χ3v) is 1.81. The summed E-state index contributed by atoms with van der Waals surface area (Å²) >= 11 is 0. The van der Waals surface area contributed by atoms with Crippen LogP contribution in [-0.4, -0.2) is 21.4 Å². The van der Waals surface area contributed by atoms with Crippen molar-refractivity contribution in [1.29, 1.82) is 0 Å². The normalized spacial score (nSPS) is 11.7. The van der Waals surface area contributed by atoms with Gasteiger partial charge in [-0.25, -0.2) is 4.79 Å². The summed E-state index contributed by atoms with van der Waals surface area (Å²) in [6, 6.07) is 0.764. The van der Waals surface area contributed by atoms with E-state index in [-0.39, 0.29) is 6.26 Å². The number of nitrogens with zero attached hydrogens (tertiary/aromatic N) is 2. The van der Waals surface area contributed by atoms with Gasteiger partial charge in [-0.3, -0.25) is 0 Å². The number of rotatable bonds is 1. The Balaban J connectivity index is 0.000000219. The molecule has 0 aliphatic rings. The molecule has 2 heterocycles. The molecule has 2 rings (SSSR count). The third kappa shape index (κ3) is 4.50. The van der Waals surface area contributed by atoms with Gasteiger partial charge in [-0.05, 0) is 0 Å². The van der Waals surface area contributed by atoms with Crippen LogP contribution >= 0.6 is 0 Å². The lowest BCUT2D eigenvalue weighted by Crippen LogP contribution is -2.10. The van der Waals surface area contributed by atoms with E-state index in [4.69, 9.17) is 5.11 Å². The molecule has 0 aliphatic heterocycles. The van der Waals surface area contributed by atoms with E-state index in [1.54, 1.807) is 0 Å². The van der Waals surface area contributed by atoms with Crippen LogP contribution < -0.4 is 0 Å². The molecule has 2 aromatic heterocycles. The number of carbonyl (C=O) groups is 1. The Morgan fingerprint density at radius 2 is 1.67 bits per heavy atom. The Morgan fingerprint density at radius 3 is 1.95 bits per heavy atom. The van der Waals surface area contributed by atoms with Crippen LogP contribution in [0.4, 0.5) is 26.3 Å². The van der Waals surface area contributed by atoms with Crippen LogP contribution in [0.3, 0.4) is 0 Å². The van der Waals surface area contributed by atoms with Gasteiger partial charge in [-0.1, -0.05) is 10.3 Å². The van der Waals surface area contributed by atoms with Crippen molar-refractivity contribution in [1.82, 2.24) is 10.3 Å². The zero-order valence-electron chi connectivity index (χ0n) is 9.57. The van der Waals surface area contributed by atoms with Crippen molar-refractivity contribution in [2.75, 3.05) is 0 Å². The van der Waals surface area contributed by atoms with Gasteiger partial charge in [-0.2, -0.15) is 26.3 Å². The molecule has 1 N–H and O–H groups in total. The summed E-state index contributed by atoms with van der Waals surface area (Å²) in [4.78, 5) is 10.1. The molecule has 12 heteroatoms. The van der Waals surface area contributed by atoms with Gasteiger partial charge in [0.05, 0.1) is 0 Å². The molecule has 0 radical (unpaired) electrons. The first-order valence-corrected chi connectivity index (χ1v) is 4.76. The molecule has 0 spiro atoms. The number of alkyl halides is 6. The standard InChI is InChI=1S/C5H2F3NO3.C4H2F3NO/c6-5(7,8)2-1-12-9-3(2)4(10)11;5-4(6,7)3-1-2-9-8-3/h1H,(H,10,11);1-2H. The number of carboxylic acid groups (broad SMARTS) is 1. The third-order valence-electron chi connectivity index (χ3n) is 1.81. The highest BCUT2D eigenvalue weighted by molar-refractivity contribution is 5.86. The molecule has 0 aliphatic carbocycles. The SMILES string of the molecule is FC(F)(F)c1ccon1.O=C(O)c1nocc1C(F)(F)F. The molecule has 0 saturated carbocycles. The summed E-state index contributed by atoms with van der Waals surface area (Å²) in [5, 5.41) is 13.6. The van der Waals surface area contributed by atoms with Crippen molar-refractivity contribution in [2.24, 2.45) is 0 Å². The van der Waals surface area contributed by atoms with E-state index in [9.17, 15) is 31.1 Å². The summed E-state index contributed by atoms with van der Waals surface area (Å²) in [7, 11) is 0. The first-order valence-electron chi connectivity index (χ1n) is 4.76. The van der Waals surface area contributed by atoms with Gasteiger partial charge >= 0.3 is 18.3 Å². The van der Waals surface area contributed by atoms with Gasteiger partial charge in [0.2, 0.25) is 5.69 Å². The molecular formula is C9H4F6N2O4. The predicted molar refractivity (Wildman–Crippen MR) is 50.0 cm³/mol.